The number of rotatable bonds is 3. The van der Waals surface area contributed by atoms with Crippen LogP contribution in [0.15, 0.2) is 71.5 Å². The van der Waals surface area contributed by atoms with Crippen LogP contribution in [0.3, 0.4) is 0 Å². The number of nitrogens with zero attached hydrogens (tertiary/aromatic N) is 5. The van der Waals surface area contributed by atoms with Gasteiger partial charge in [-0.3, -0.25) is 14.9 Å². The van der Waals surface area contributed by atoms with E-state index in [1.54, 1.807) is 30.3 Å². The van der Waals surface area contributed by atoms with E-state index < -0.39 is 16.2 Å². The lowest BCUT2D eigenvalue weighted by Crippen LogP contribution is -2.23. The molecular formula is C22H11N5O3. The molecule has 1 aromatic heterocycles. The second-order valence-corrected chi connectivity index (χ2v) is 6.34. The summed E-state index contributed by atoms with van der Waals surface area (Å²) < 4.78 is 0.921. The standard InChI is InChI=1S/C22H11N5O3/c23-12-15-10-19(20(27(29)30)11-16(15)13-24)26-22(28)18-9-5-4-8-17(18)21(25-26)14-6-2-1-3-7-14/h1-11H. The van der Waals surface area contributed by atoms with Crippen LogP contribution in [0.1, 0.15) is 11.1 Å². The van der Waals surface area contributed by atoms with Crippen LogP contribution in [-0.2, 0) is 0 Å². The van der Waals surface area contributed by atoms with E-state index in [4.69, 9.17) is 0 Å². The highest BCUT2D eigenvalue weighted by atomic mass is 16.6. The first kappa shape index (κ1) is 18.5. The Hall–Kier alpha value is -4.82. The highest BCUT2D eigenvalue weighted by Gasteiger charge is 2.23. The molecule has 4 rings (SSSR count). The second kappa shape index (κ2) is 7.30. The largest absolute Gasteiger partial charge is 0.296 e. The normalized spacial score (nSPS) is 10.3. The Bertz CT molecular complexity index is 1460. The highest BCUT2D eigenvalue weighted by molar-refractivity contribution is 5.94. The molecule has 0 N–H and O–H groups in total. The number of nitro groups is 1. The molecule has 8 heteroatoms. The van der Waals surface area contributed by atoms with Gasteiger partial charge in [-0.15, -0.1) is 0 Å². The topological polar surface area (TPSA) is 126 Å². The van der Waals surface area contributed by atoms with Crippen LogP contribution in [0.25, 0.3) is 27.7 Å². The van der Waals surface area contributed by atoms with Crippen molar-refractivity contribution in [1.82, 2.24) is 9.78 Å². The van der Waals surface area contributed by atoms with Gasteiger partial charge in [-0.2, -0.15) is 20.3 Å². The maximum absolute atomic E-state index is 13.2. The van der Waals surface area contributed by atoms with Gasteiger partial charge in [0.15, 0.2) is 0 Å². The summed E-state index contributed by atoms with van der Waals surface area (Å²) in [5.74, 6) is 0. The molecule has 0 amide bonds. The van der Waals surface area contributed by atoms with Crippen molar-refractivity contribution in [3.8, 4) is 29.1 Å². The summed E-state index contributed by atoms with van der Waals surface area (Å²) in [4.78, 5) is 24.1. The summed E-state index contributed by atoms with van der Waals surface area (Å²) >= 11 is 0. The second-order valence-electron chi connectivity index (χ2n) is 6.34. The third-order valence-electron chi connectivity index (χ3n) is 4.63. The summed E-state index contributed by atoms with van der Waals surface area (Å²) in [6.07, 6.45) is 0. The summed E-state index contributed by atoms with van der Waals surface area (Å²) in [5, 5.41) is 35.5. The fourth-order valence-corrected chi connectivity index (χ4v) is 3.24. The molecule has 0 radical (unpaired) electrons. The van der Waals surface area contributed by atoms with Gasteiger partial charge in [0.1, 0.15) is 17.8 Å². The number of hydrogen-bond acceptors (Lipinski definition) is 6. The molecule has 0 spiro atoms. The molecule has 4 aromatic rings. The van der Waals surface area contributed by atoms with Crippen LogP contribution in [0.5, 0.6) is 0 Å². The first-order valence-corrected chi connectivity index (χ1v) is 8.75. The van der Waals surface area contributed by atoms with Gasteiger partial charge in [0, 0.05) is 17.0 Å². The van der Waals surface area contributed by atoms with E-state index in [0.29, 0.717) is 16.5 Å². The van der Waals surface area contributed by atoms with Crippen LogP contribution in [0.4, 0.5) is 5.69 Å². The summed E-state index contributed by atoms with van der Waals surface area (Å²) in [7, 11) is 0. The van der Waals surface area contributed by atoms with Crippen molar-refractivity contribution in [2.75, 3.05) is 0 Å². The Morgan fingerprint density at radius 2 is 1.50 bits per heavy atom. The van der Waals surface area contributed by atoms with E-state index in [2.05, 4.69) is 5.10 Å². The molecule has 142 valence electrons. The highest BCUT2D eigenvalue weighted by Crippen LogP contribution is 2.29. The van der Waals surface area contributed by atoms with Crippen molar-refractivity contribution in [3.63, 3.8) is 0 Å². The van der Waals surface area contributed by atoms with Crippen molar-refractivity contribution in [2.24, 2.45) is 0 Å². The maximum atomic E-state index is 13.2. The minimum absolute atomic E-state index is 0.0822. The predicted octanol–water partition coefficient (Wildman–Crippen LogP) is 3.70. The molecule has 0 aliphatic carbocycles. The first-order chi connectivity index (χ1) is 14.5. The smallest absolute Gasteiger partial charge is 0.267 e. The van der Waals surface area contributed by atoms with Gasteiger partial charge in [-0.1, -0.05) is 48.5 Å². The quantitative estimate of drug-likeness (QED) is 0.386. The molecule has 8 nitrogen and oxygen atoms in total. The van der Waals surface area contributed by atoms with Gasteiger partial charge in [-0.25, -0.2) is 0 Å². The van der Waals surface area contributed by atoms with E-state index in [9.17, 15) is 25.4 Å². The Balaban J connectivity index is 2.15. The van der Waals surface area contributed by atoms with Crippen molar-refractivity contribution in [1.29, 1.82) is 10.5 Å². The van der Waals surface area contributed by atoms with E-state index in [-0.39, 0.29) is 16.8 Å². The van der Waals surface area contributed by atoms with E-state index in [1.165, 1.54) is 0 Å². The third-order valence-corrected chi connectivity index (χ3v) is 4.63. The molecule has 1 heterocycles. The lowest BCUT2D eigenvalue weighted by atomic mass is 10.0. The molecule has 0 aliphatic rings. The zero-order chi connectivity index (χ0) is 21.3. The van der Waals surface area contributed by atoms with E-state index in [0.717, 1.165) is 22.4 Å². The molecule has 0 bridgehead atoms. The lowest BCUT2D eigenvalue weighted by molar-refractivity contribution is -0.384. The maximum Gasteiger partial charge on any atom is 0.296 e. The molecule has 0 saturated carbocycles. The van der Waals surface area contributed by atoms with Gasteiger partial charge in [0.05, 0.1) is 27.1 Å². The van der Waals surface area contributed by atoms with Gasteiger partial charge in [0.25, 0.3) is 11.2 Å². The van der Waals surface area contributed by atoms with Crippen molar-refractivity contribution in [3.05, 3.63) is 98.3 Å². The van der Waals surface area contributed by atoms with E-state index >= 15 is 0 Å². The van der Waals surface area contributed by atoms with Crippen LogP contribution in [0, 0.1) is 32.8 Å². The molecule has 0 aliphatic heterocycles. The van der Waals surface area contributed by atoms with Crippen LogP contribution in [0.2, 0.25) is 0 Å². The first-order valence-electron chi connectivity index (χ1n) is 8.75. The Kier molecular flexibility index (Phi) is 4.51. The lowest BCUT2D eigenvalue weighted by Gasteiger charge is -2.12. The van der Waals surface area contributed by atoms with Crippen LogP contribution >= 0.6 is 0 Å². The number of fused-ring (bicyclic) bond motifs is 1. The number of benzene rings is 3. The van der Waals surface area contributed by atoms with Crippen LogP contribution < -0.4 is 5.56 Å². The SMILES string of the molecule is N#Cc1cc(-n2nc(-c3ccccc3)c3ccccc3c2=O)c([N+](=O)[O-])cc1C#N. The average Bonchev–Trinajstić information content (AvgIpc) is 2.79. The van der Waals surface area contributed by atoms with E-state index in [1.807, 2.05) is 36.4 Å². The van der Waals surface area contributed by atoms with Gasteiger partial charge in [0.2, 0.25) is 0 Å². The third kappa shape index (κ3) is 2.95. The van der Waals surface area contributed by atoms with Crippen molar-refractivity contribution in [2.45, 2.75) is 0 Å². The van der Waals surface area contributed by atoms with Gasteiger partial charge < -0.3 is 0 Å². The summed E-state index contributed by atoms with van der Waals surface area (Å²) in [6.45, 7) is 0. The number of hydrogen-bond donors (Lipinski definition) is 0. The Labute approximate surface area is 169 Å². The molecule has 0 saturated heterocycles. The number of nitriles is 2. The molecule has 0 fully saturated rings. The average molecular weight is 393 g/mol. The minimum Gasteiger partial charge on any atom is -0.267 e. The zero-order valence-electron chi connectivity index (χ0n) is 15.3. The molecule has 0 atom stereocenters. The monoisotopic (exact) mass is 393 g/mol. The van der Waals surface area contributed by atoms with Gasteiger partial charge >= 0.3 is 0 Å². The van der Waals surface area contributed by atoms with Gasteiger partial charge in [-0.05, 0) is 12.1 Å². The summed E-state index contributed by atoms with van der Waals surface area (Å²) in [5.41, 5.74) is -0.284. The molecule has 3 aromatic carbocycles. The predicted molar refractivity (Wildman–Crippen MR) is 109 cm³/mol. The molecular weight excluding hydrogens is 382 g/mol. The van der Waals surface area contributed by atoms with Crippen molar-refractivity contribution < 1.29 is 4.92 Å². The fourth-order valence-electron chi connectivity index (χ4n) is 3.24. The minimum atomic E-state index is -0.706. The number of aromatic nitrogens is 2. The summed E-state index contributed by atoms with van der Waals surface area (Å²) in [6, 6.07) is 21.7. The molecule has 30 heavy (non-hydrogen) atoms. The Morgan fingerprint density at radius 3 is 2.13 bits per heavy atom. The number of nitro benzene ring substituents is 1. The van der Waals surface area contributed by atoms with Crippen molar-refractivity contribution >= 4 is 16.5 Å². The Morgan fingerprint density at radius 1 is 0.900 bits per heavy atom. The van der Waals surface area contributed by atoms with Crippen LogP contribution in [-0.4, -0.2) is 14.7 Å². The fraction of sp³-hybridized carbons (Fsp3) is 0. The molecule has 0 unspecified atom stereocenters. The zero-order valence-corrected chi connectivity index (χ0v) is 15.3.